The second-order valence-electron chi connectivity index (χ2n) is 6.20. The molecular formula is C21H19ClN4O3. The molecular weight excluding hydrogens is 392 g/mol. The van der Waals surface area contributed by atoms with Crippen molar-refractivity contribution in [3.63, 3.8) is 0 Å². The lowest BCUT2D eigenvalue weighted by molar-refractivity contribution is 0.324. The first-order chi connectivity index (χ1) is 14.1. The Morgan fingerprint density at radius 2 is 1.76 bits per heavy atom. The zero-order valence-corrected chi connectivity index (χ0v) is 16.9. The van der Waals surface area contributed by atoms with Crippen LogP contribution in [-0.4, -0.2) is 36.3 Å². The zero-order valence-electron chi connectivity index (χ0n) is 16.1. The molecule has 0 fully saturated rings. The predicted octanol–water partition coefficient (Wildman–Crippen LogP) is 5.05. The number of pyridine rings is 2. The number of H-pyrrole nitrogens is 1. The predicted molar refractivity (Wildman–Crippen MR) is 114 cm³/mol. The number of aromatic amines is 1. The molecule has 148 valence electrons. The average Bonchev–Trinajstić information content (AvgIpc) is 3.16. The summed E-state index contributed by atoms with van der Waals surface area (Å²) in [5, 5.41) is 4.64. The van der Waals surface area contributed by atoms with Gasteiger partial charge >= 0.3 is 0 Å². The fourth-order valence-electron chi connectivity index (χ4n) is 3.21. The van der Waals surface area contributed by atoms with Crippen molar-refractivity contribution in [2.24, 2.45) is 0 Å². The summed E-state index contributed by atoms with van der Waals surface area (Å²) in [6.45, 7) is 0. The van der Waals surface area contributed by atoms with E-state index in [-0.39, 0.29) is 0 Å². The van der Waals surface area contributed by atoms with Crippen LogP contribution in [0.25, 0.3) is 22.2 Å². The lowest BCUT2D eigenvalue weighted by Crippen LogP contribution is -1.99. The quantitative estimate of drug-likeness (QED) is 0.433. The molecule has 0 saturated carbocycles. The number of methoxy groups -OCH3 is 3. The Kier molecular flexibility index (Phi) is 5.14. The molecule has 0 bridgehead atoms. The SMILES string of the molecule is COc1cc(Nc2cc(-c3c[nH]c4ncccc34)cc(Cl)n2)cc(OC)c1OC. The number of fused-ring (bicyclic) bond motifs is 1. The fraction of sp³-hybridized carbons (Fsp3) is 0.143. The summed E-state index contributed by atoms with van der Waals surface area (Å²) < 4.78 is 16.2. The van der Waals surface area contributed by atoms with E-state index in [4.69, 9.17) is 25.8 Å². The van der Waals surface area contributed by atoms with E-state index in [2.05, 4.69) is 20.3 Å². The normalized spacial score (nSPS) is 10.8. The number of anilines is 2. The number of benzene rings is 1. The van der Waals surface area contributed by atoms with Crippen LogP contribution in [0.4, 0.5) is 11.5 Å². The first-order valence-electron chi connectivity index (χ1n) is 8.80. The molecule has 0 aliphatic carbocycles. The van der Waals surface area contributed by atoms with Crippen LogP contribution in [0.1, 0.15) is 0 Å². The van der Waals surface area contributed by atoms with Gasteiger partial charge in [0.05, 0.1) is 21.3 Å². The molecule has 0 radical (unpaired) electrons. The third-order valence-electron chi connectivity index (χ3n) is 4.49. The maximum absolute atomic E-state index is 6.30. The summed E-state index contributed by atoms with van der Waals surface area (Å²) in [5.41, 5.74) is 3.44. The number of nitrogens with zero attached hydrogens (tertiary/aromatic N) is 2. The maximum atomic E-state index is 6.30. The van der Waals surface area contributed by atoms with Gasteiger partial charge in [0.2, 0.25) is 5.75 Å². The van der Waals surface area contributed by atoms with Crippen LogP contribution in [0.3, 0.4) is 0 Å². The van der Waals surface area contributed by atoms with E-state index in [0.717, 1.165) is 27.8 Å². The Hall–Kier alpha value is -3.45. The number of ether oxygens (including phenoxy) is 3. The van der Waals surface area contributed by atoms with Gasteiger partial charge in [0, 0.05) is 41.2 Å². The van der Waals surface area contributed by atoms with E-state index in [0.29, 0.717) is 28.2 Å². The number of aromatic nitrogens is 3. The number of hydrogen-bond donors (Lipinski definition) is 2. The zero-order chi connectivity index (χ0) is 20.4. The van der Waals surface area contributed by atoms with Gasteiger partial charge < -0.3 is 24.5 Å². The van der Waals surface area contributed by atoms with Gasteiger partial charge in [-0.2, -0.15) is 0 Å². The van der Waals surface area contributed by atoms with Crippen LogP contribution in [0.15, 0.2) is 48.8 Å². The molecule has 0 unspecified atom stereocenters. The van der Waals surface area contributed by atoms with Gasteiger partial charge in [-0.1, -0.05) is 11.6 Å². The van der Waals surface area contributed by atoms with Crippen LogP contribution < -0.4 is 19.5 Å². The van der Waals surface area contributed by atoms with Crippen LogP contribution in [0.5, 0.6) is 17.2 Å². The van der Waals surface area contributed by atoms with Crippen molar-refractivity contribution in [1.82, 2.24) is 15.0 Å². The highest BCUT2D eigenvalue weighted by molar-refractivity contribution is 6.29. The van der Waals surface area contributed by atoms with Crippen molar-refractivity contribution in [1.29, 1.82) is 0 Å². The first-order valence-corrected chi connectivity index (χ1v) is 9.18. The first kappa shape index (κ1) is 18.9. The third-order valence-corrected chi connectivity index (χ3v) is 4.69. The lowest BCUT2D eigenvalue weighted by Gasteiger charge is -2.15. The van der Waals surface area contributed by atoms with Crippen LogP contribution in [-0.2, 0) is 0 Å². The molecule has 2 N–H and O–H groups in total. The number of nitrogens with one attached hydrogen (secondary N) is 2. The Labute approximate surface area is 172 Å². The highest BCUT2D eigenvalue weighted by atomic mass is 35.5. The van der Waals surface area contributed by atoms with Crippen molar-refractivity contribution in [3.05, 3.63) is 53.9 Å². The van der Waals surface area contributed by atoms with Gasteiger partial charge in [-0.15, -0.1) is 0 Å². The number of hydrogen-bond acceptors (Lipinski definition) is 6. The van der Waals surface area contributed by atoms with Crippen molar-refractivity contribution in [3.8, 4) is 28.4 Å². The molecule has 7 nitrogen and oxygen atoms in total. The Morgan fingerprint density at radius 1 is 1.00 bits per heavy atom. The van der Waals surface area contributed by atoms with Crippen molar-refractivity contribution >= 4 is 34.1 Å². The van der Waals surface area contributed by atoms with Gasteiger partial charge in [0.25, 0.3) is 0 Å². The van der Waals surface area contributed by atoms with Gasteiger partial charge in [-0.05, 0) is 29.8 Å². The van der Waals surface area contributed by atoms with E-state index in [9.17, 15) is 0 Å². The van der Waals surface area contributed by atoms with Gasteiger partial charge in [0.15, 0.2) is 11.5 Å². The smallest absolute Gasteiger partial charge is 0.203 e. The third kappa shape index (κ3) is 3.64. The highest BCUT2D eigenvalue weighted by Crippen LogP contribution is 2.41. The van der Waals surface area contributed by atoms with Crippen molar-refractivity contribution in [2.45, 2.75) is 0 Å². The summed E-state index contributed by atoms with van der Waals surface area (Å²) in [5.74, 6) is 2.19. The summed E-state index contributed by atoms with van der Waals surface area (Å²) in [4.78, 5) is 11.9. The molecule has 4 rings (SSSR count). The van der Waals surface area contributed by atoms with E-state index in [1.54, 1.807) is 39.7 Å². The van der Waals surface area contributed by atoms with Gasteiger partial charge in [-0.3, -0.25) is 0 Å². The molecule has 0 aliphatic heterocycles. The second-order valence-corrected chi connectivity index (χ2v) is 6.59. The number of rotatable bonds is 6. The summed E-state index contributed by atoms with van der Waals surface area (Å²) >= 11 is 6.30. The van der Waals surface area contributed by atoms with E-state index in [1.807, 2.05) is 30.5 Å². The Bertz CT molecular complexity index is 1150. The highest BCUT2D eigenvalue weighted by Gasteiger charge is 2.15. The molecule has 0 spiro atoms. The Morgan fingerprint density at radius 3 is 2.45 bits per heavy atom. The Balaban J connectivity index is 1.74. The lowest BCUT2D eigenvalue weighted by atomic mass is 10.1. The van der Waals surface area contributed by atoms with Crippen molar-refractivity contribution in [2.75, 3.05) is 26.6 Å². The molecule has 3 aromatic heterocycles. The molecule has 4 aromatic rings. The molecule has 0 atom stereocenters. The van der Waals surface area contributed by atoms with Crippen molar-refractivity contribution < 1.29 is 14.2 Å². The van der Waals surface area contributed by atoms with Crippen LogP contribution in [0.2, 0.25) is 5.15 Å². The van der Waals surface area contributed by atoms with E-state index < -0.39 is 0 Å². The molecule has 0 saturated heterocycles. The van der Waals surface area contributed by atoms with Crippen LogP contribution in [0, 0.1) is 0 Å². The van der Waals surface area contributed by atoms with Gasteiger partial charge in [0.1, 0.15) is 16.6 Å². The van der Waals surface area contributed by atoms with Gasteiger partial charge in [-0.25, -0.2) is 9.97 Å². The molecule has 29 heavy (non-hydrogen) atoms. The summed E-state index contributed by atoms with van der Waals surface area (Å²) in [6.07, 6.45) is 3.66. The largest absolute Gasteiger partial charge is 0.493 e. The standard InChI is InChI=1S/C21H19ClN4O3/c1-27-16-9-13(10-17(28-2)20(16)29-3)25-19-8-12(7-18(22)26-19)15-11-24-21-14(15)5-4-6-23-21/h4-11H,1-3H3,(H,23,24)(H,25,26). The van der Waals surface area contributed by atoms with E-state index in [1.165, 1.54) is 0 Å². The molecule has 1 aromatic carbocycles. The molecule has 3 heterocycles. The summed E-state index contributed by atoms with van der Waals surface area (Å²) in [6, 6.07) is 11.3. The molecule has 0 amide bonds. The monoisotopic (exact) mass is 410 g/mol. The maximum Gasteiger partial charge on any atom is 0.203 e. The molecule has 0 aliphatic rings. The number of halogens is 1. The minimum absolute atomic E-state index is 0.371. The minimum Gasteiger partial charge on any atom is -0.493 e. The van der Waals surface area contributed by atoms with E-state index >= 15 is 0 Å². The second kappa shape index (κ2) is 7.89. The minimum atomic E-state index is 0.371. The fourth-order valence-corrected chi connectivity index (χ4v) is 3.42. The van der Waals surface area contributed by atoms with Crippen LogP contribution >= 0.6 is 11.6 Å². The average molecular weight is 411 g/mol. The topological polar surface area (TPSA) is 81.3 Å². The molecule has 8 heteroatoms. The summed E-state index contributed by atoms with van der Waals surface area (Å²) in [7, 11) is 4.71.